The molecular formula is C14H14OS. The fraction of sp³-hybridized carbons (Fsp3) is 0.214. The smallest absolute Gasteiger partial charge is 0.203 e. The van der Waals surface area contributed by atoms with Crippen molar-refractivity contribution in [1.29, 1.82) is 0 Å². The third-order valence-corrected chi connectivity index (χ3v) is 3.93. The van der Waals surface area contributed by atoms with Crippen molar-refractivity contribution in [2.75, 3.05) is 0 Å². The molecule has 0 radical (unpaired) electrons. The topological polar surface area (TPSA) is 17.1 Å². The monoisotopic (exact) mass is 230 g/mol. The number of rotatable bonds is 2. The second-order valence-corrected chi connectivity index (χ2v) is 4.93. The molecule has 2 rings (SSSR count). The molecule has 82 valence electrons. The Labute approximate surface area is 99.8 Å². The SMILES string of the molecule is Cc1ccsc1C(=O)c1cccc(C)c1C. The maximum absolute atomic E-state index is 12.3. The minimum absolute atomic E-state index is 0.147. The summed E-state index contributed by atoms with van der Waals surface area (Å²) in [5, 5.41) is 1.97. The maximum Gasteiger partial charge on any atom is 0.203 e. The van der Waals surface area contributed by atoms with E-state index in [0.29, 0.717) is 0 Å². The second kappa shape index (κ2) is 4.22. The predicted octanol–water partition coefficient (Wildman–Crippen LogP) is 3.90. The van der Waals surface area contributed by atoms with E-state index >= 15 is 0 Å². The van der Waals surface area contributed by atoms with Crippen molar-refractivity contribution < 1.29 is 4.79 Å². The Hall–Kier alpha value is -1.41. The van der Waals surface area contributed by atoms with Gasteiger partial charge in [0.1, 0.15) is 0 Å². The second-order valence-electron chi connectivity index (χ2n) is 4.01. The minimum Gasteiger partial charge on any atom is -0.288 e. The largest absolute Gasteiger partial charge is 0.288 e. The van der Waals surface area contributed by atoms with Crippen LogP contribution in [0.3, 0.4) is 0 Å². The molecule has 2 heteroatoms. The minimum atomic E-state index is 0.147. The molecule has 0 saturated heterocycles. The zero-order chi connectivity index (χ0) is 11.7. The van der Waals surface area contributed by atoms with Gasteiger partial charge in [0.15, 0.2) is 0 Å². The molecular weight excluding hydrogens is 216 g/mol. The van der Waals surface area contributed by atoms with Gasteiger partial charge < -0.3 is 0 Å². The van der Waals surface area contributed by atoms with Gasteiger partial charge in [-0.1, -0.05) is 18.2 Å². The van der Waals surface area contributed by atoms with Crippen molar-refractivity contribution in [3.63, 3.8) is 0 Å². The van der Waals surface area contributed by atoms with Crippen LogP contribution in [0.5, 0.6) is 0 Å². The number of ketones is 1. The van der Waals surface area contributed by atoms with E-state index < -0.39 is 0 Å². The first-order chi connectivity index (χ1) is 7.61. The Morgan fingerprint density at radius 1 is 1.06 bits per heavy atom. The lowest BCUT2D eigenvalue weighted by Gasteiger charge is -2.06. The van der Waals surface area contributed by atoms with E-state index in [1.165, 1.54) is 16.9 Å². The van der Waals surface area contributed by atoms with Crippen molar-refractivity contribution in [2.45, 2.75) is 20.8 Å². The first-order valence-corrected chi connectivity index (χ1v) is 6.14. The van der Waals surface area contributed by atoms with Gasteiger partial charge in [0.2, 0.25) is 5.78 Å². The van der Waals surface area contributed by atoms with E-state index in [1.54, 1.807) is 0 Å². The van der Waals surface area contributed by atoms with Crippen molar-refractivity contribution in [3.8, 4) is 0 Å². The molecule has 0 atom stereocenters. The molecule has 0 N–H and O–H groups in total. The Morgan fingerprint density at radius 2 is 1.81 bits per heavy atom. The lowest BCUT2D eigenvalue weighted by atomic mass is 9.98. The number of carbonyl (C=O) groups is 1. The lowest BCUT2D eigenvalue weighted by molar-refractivity contribution is 0.104. The third kappa shape index (κ3) is 1.81. The summed E-state index contributed by atoms with van der Waals surface area (Å²) >= 11 is 1.52. The Balaban J connectivity index is 2.50. The summed E-state index contributed by atoms with van der Waals surface area (Å²) in [6, 6.07) is 7.87. The number of aryl methyl sites for hydroxylation is 2. The van der Waals surface area contributed by atoms with Crippen molar-refractivity contribution in [1.82, 2.24) is 0 Å². The van der Waals surface area contributed by atoms with E-state index in [0.717, 1.165) is 21.6 Å². The first kappa shape index (κ1) is 11.1. The number of carbonyl (C=O) groups excluding carboxylic acids is 1. The number of benzene rings is 1. The van der Waals surface area contributed by atoms with Gasteiger partial charge in [0, 0.05) is 5.56 Å². The average Bonchev–Trinajstić information content (AvgIpc) is 2.68. The van der Waals surface area contributed by atoms with Gasteiger partial charge in [-0.25, -0.2) is 0 Å². The summed E-state index contributed by atoms with van der Waals surface area (Å²) in [4.78, 5) is 13.2. The zero-order valence-corrected chi connectivity index (χ0v) is 10.5. The molecule has 0 aliphatic carbocycles. The molecule has 1 heterocycles. The number of hydrogen-bond donors (Lipinski definition) is 0. The van der Waals surface area contributed by atoms with Crippen LogP contribution in [0.2, 0.25) is 0 Å². The molecule has 1 aromatic heterocycles. The molecule has 0 aliphatic rings. The van der Waals surface area contributed by atoms with E-state index in [9.17, 15) is 4.79 Å². The van der Waals surface area contributed by atoms with Crippen LogP contribution in [-0.2, 0) is 0 Å². The molecule has 1 aromatic carbocycles. The normalized spacial score (nSPS) is 10.4. The van der Waals surface area contributed by atoms with Crippen LogP contribution < -0.4 is 0 Å². The van der Waals surface area contributed by atoms with Crippen molar-refractivity contribution in [2.24, 2.45) is 0 Å². The molecule has 0 bridgehead atoms. The van der Waals surface area contributed by atoms with Crippen LogP contribution in [0.25, 0.3) is 0 Å². The van der Waals surface area contributed by atoms with Crippen LogP contribution in [0.15, 0.2) is 29.6 Å². The molecule has 0 fully saturated rings. The van der Waals surface area contributed by atoms with Crippen molar-refractivity contribution >= 4 is 17.1 Å². The van der Waals surface area contributed by atoms with E-state index in [4.69, 9.17) is 0 Å². The lowest BCUT2D eigenvalue weighted by Crippen LogP contribution is -2.03. The Bertz CT molecular complexity index is 537. The molecule has 0 saturated carbocycles. The van der Waals surface area contributed by atoms with Crippen LogP contribution >= 0.6 is 11.3 Å². The van der Waals surface area contributed by atoms with Crippen molar-refractivity contribution in [3.05, 3.63) is 56.8 Å². The van der Waals surface area contributed by atoms with Gasteiger partial charge in [0.05, 0.1) is 4.88 Å². The molecule has 2 aromatic rings. The Morgan fingerprint density at radius 3 is 2.44 bits per heavy atom. The highest BCUT2D eigenvalue weighted by molar-refractivity contribution is 7.12. The van der Waals surface area contributed by atoms with Crippen LogP contribution in [0.4, 0.5) is 0 Å². The summed E-state index contributed by atoms with van der Waals surface area (Å²) < 4.78 is 0. The molecule has 0 spiro atoms. The third-order valence-electron chi connectivity index (χ3n) is 2.92. The highest BCUT2D eigenvalue weighted by Crippen LogP contribution is 2.22. The van der Waals surface area contributed by atoms with Crippen LogP contribution in [-0.4, -0.2) is 5.78 Å². The summed E-state index contributed by atoms with van der Waals surface area (Å²) in [6.45, 7) is 6.02. The van der Waals surface area contributed by atoms with E-state index in [-0.39, 0.29) is 5.78 Å². The van der Waals surface area contributed by atoms with Gasteiger partial charge in [-0.15, -0.1) is 11.3 Å². The predicted molar refractivity (Wildman–Crippen MR) is 68.4 cm³/mol. The molecule has 16 heavy (non-hydrogen) atoms. The number of hydrogen-bond acceptors (Lipinski definition) is 2. The standard InChI is InChI=1S/C14H14OS/c1-9-5-4-6-12(11(9)3)13(15)14-10(2)7-8-16-14/h4-8H,1-3H3. The zero-order valence-electron chi connectivity index (χ0n) is 9.70. The summed E-state index contributed by atoms with van der Waals surface area (Å²) in [6.07, 6.45) is 0. The van der Waals surface area contributed by atoms with Gasteiger partial charge in [-0.3, -0.25) is 4.79 Å². The average molecular weight is 230 g/mol. The fourth-order valence-electron chi connectivity index (χ4n) is 1.72. The van der Waals surface area contributed by atoms with Gasteiger partial charge in [0.25, 0.3) is 0 Å². The first-order valence-electron chi connectivity index (χ1n) is 5.26. The van der Waals surface area contributed by atoms with Gasteiger partial charge >= 0.3 is 0 Å². The summed E-state index contributed by atoms with van der Waals surface area (Å²) in [7, 11) is 0. The molecule has 1 nitrogen and oxygen atoms in total. The van der Waals surface area contributed by atoms with E-state index in [2.05, 4.69) is 0 Å². The van der Waals surface area contributed by atoms with Crippen LogP contribution in [0, 0.1) is 20.8 Å². The molecule has 0 aliphatic heterocycles. The molecule has 0 unspecified atom stereocenters. The fourth-order valence-corrected chi connectivity index (χ4v) is 2.60. The number of thiophene rings is 1. The Kier molecular flexibility index (Phi) is 2.92. The quantitative estimate of drug-likeness (QED) is 0.715. The molecule has 0 amide bonds. The maximum atomic E-state index is 12.3. The van der Waals surface area contributed by atoms with E-state index in [1.807, 2.05) is 50.4 Å². The van der Waals surface area contributed by atoms with Gasteiger partial charge in [-0.2, -0.15) is 0 Å². The summed E-state index contributed by atoms with van der Waals surface area (Å²) in [5.41, 5.74) is 4.14. The highest BCUT2D eigenvalue weighted by Gasteiger charge is 2.15. The highest BCUT2D eigenvalue weighted by atomic mass is 32.1. The van der Waals surface area contributed by atoms with Gasteiger partial charge in [-0.05, 0) is 48.9 Å². The summed E-state index contributed by atoms with van der Waals surface area (Å²) in [5.74, 6) is 0.147. The van der Waals surface area contributed by atoms with Crippen LogP contribution in [0.1, 0.15) is 31.9 Å².